The summed E-state index contributed by atoms with van der Waals surface area (Å²) >= 11 is 0. The summed E-state index contributed by atoms with van der Waals surface area (Å²) in [6, 6.07) is 9.91. The van der Waals surface area contributed by atoms with Crippen LogP contribution < -0.4 is 5.53 Å². The molecule has 0 saturated heterocycles. The Labute approximate surface area is 121 Å². The number of methoxy groups -OCH3 is 1. The number of hydrogen-bond donors (Lipinski definition) is 1. The summed E-state index contributed by atoms with van der Waals surface area (Å²) in [5.41, 5.74) is 5.01. The van der Waals surface area contributed by atoms with Crippen molar-refractivity contribution in [3.63, 3.8) is 0 Å². The second-order valence-corrected chi connectivity index (χ2v) is 4.73. The Bertz CT molecular complexity index is 689. The van der Waals surface area contributed by atoms with E-state index in [1.807, 2.05) is 24.3 Å². The second-order valence-electron chi connectivity index (χ2n) is 4.73. The maximum atomic E-state index is 11.7. The Morgan fingerprint density at radius 2 is 2.33 bits per heavy atom. The number of hydrazine groups is 1. The van der Waals surface area contributed by atoms with Crippen LogP contribution in [0.4, 0.5) is 0 Å². The fourth-order valence-electron chi connectivity index (χ4n) is 2.69. The maximum Gasteiger partial charge on any atom is 0.352 e. The summed E-state index contributed by atoms with van der Waals surface area (Å²) in [5.74, 6) is -0.516. The van der Waals surface area contributed by atoms with Gasteiger partial charge in [-0.2, -0.15) is 10.8 Å². The summed E-state index contributed by atoms with van der Waals surface area (Å²) < 4.78 is 4.62. The topological polar surface area (TPSA) is 90.1 Å². The van der Waals surface area contributed by atoms with Gasteiger partial charge in [-0.15, -0.1) is 5.11 Å². The van der Waals surface area contributed by atoms with Crippen LogP contribution >= 0.6 is 0 Å². The van der Waals surface area contributed by atoms with Crippen LogP contribution in [-0.2, 0) is 16.0 Å². The molecule has 1 aliphatic heterocycles. The van der Waals surface area contributed by atoms with E-state index in [1.54, 1.807) is 5.01 Å². The third-order valence-corrected chi connectivity index (χ3v) is 3.66. The average Bonchev–Trinajstić information content (AvgIpc) is 3.14. The first-order chi connectivity index (χ1) is 10.3. The molecular weight excluding hydrogens is 270 g/mol. The molecule has 1 atom stereocenters. The minimum atomic E-state index is -0.716. The number of hydrogen-bond acceptors (Lipinski definition) is 7. The van der Waals surface area contributed by atoms with E-state index in [-0.39, 0.29) is 17.4 Å². The molecule has 2 aliphatic rings. The molecule has 0 saturated carbocycles. The molecule has 1 unspecified atom stereocenters. The molecular formula is C14H13N5O2. The molecule has 0 aromatic heterocycles. The lowest BCUT2D eigenvalue weighted by atomic mass is 10.1. The van der Waals surface area contributed by atoms with Gasteiger partial charge in [0.1, 0.15) is 6.07 Å². The monoisotopic (exact) mass is 283 g/mol. The Morgan fingerprint density at radius 3 is 3.10 bits per heavy atom. The molecule has 0 amide bonds. The minimum Gasteiger partial charge on any atom is -0.465 e. The highest BCUT2D eigenvalue weighted by atomic mass is 16.5. The van der Waals surface area contributed by atoms with Gasteiger partial charge in [-0.05, 0) is 24.0 Å². The van der Waals surface area contributed by atoms with Gasteiger partial charge >= 0.3 is 5.97 Å². The highest BCUT2D eigenvalue weighted by Gasteiger charge is 2.34. The van der Waals surface area contributed by atoms with Gasteiger partial charge in [0.2, 0.25) is 0 Å². The number of nitrogens with zero attached hydrogens (tertiary/aromatic N) is 4. The molecule has 7 nitrogen and oxygen atoms in total. The third-order valence-electron chi connectivity index (χ3n) is 3.66. The van der Waals surface area contributed by atoms with Crippen LogP contribution in [0.25, 0.3) is 0 Å². The number of ether oxygens (including phenoxy) is 1. The number of fused-ring (bicyclic) bond motifs is 1. The van der Waals surface area contributed by atoms with Crippen molar-refractivity contribution in [2.75, 3.05) is 7.11 Å². The van der Waals surface area contributed by atoms with Gasteiger partial charge in [0, 0.05) is 0 Å². The fraction of sp³-hybridized carbons (Fsp3) is 0.286. The Balaban J connectivity index is 1.99. The number of esters is 1. The molecule has 0 fully saturated rings. The van der Waals surface area contributed by atoms with E-state index in [0.717, 1.165) is 18.4 Å². The van der Waals surface area contributed by atoms with Gasteiger partial charge in [0.05, 0.1) is 13.2 Å². The highest BCUT2D eigenvalue weighted by molar-refractivity contribution is 5.93. The number of rotatable bonds is 2. The zero-order valence-corrected chi connectivity index (χ0v) is 11.4. The van der Waals surface area contributed by atoms with Gasteiger partial charge in [0.25, 0.3) is 0 Å². The first-order valence-corrected chi connectivity index (χ1v) is 6.52. The van der Waals surface area contributed by atoms with Crippen molar-refractivity contribution in [3.8, 4) is 6.07 Å². The van der Waals surface area contributed by atoms with Crippen LogP contribution in [0.1, 0.15) is 23.6 Å². The van der Waals surface area contributed by atoms with E-state index < -0.39 is 5.97 Å². The summed E-state index contributed by atoms with van der Waals surface area (Å²) in [6.45, 7) is 0. The van der Waals surface area contributed by atoms with Gasteiger partial charge in [-0.1, -0.05) is 29.5 Å². The molecule has 1 aromatic carbocycles. The lowest BCUT2D eigenvalue weighted by Gasteiger charge is -2.25. The van der Waals surface area contributed by atoms with Gasteiger partial charge in [-0.25, -0.2) is 9.80 Å². The Morgan fingerprint density at radius 1 is 1.52 bits per heavy atom. The standard InChI is InChI=1S/C14H13N5O2/c1-21-14(20)11(8-15)13-16-17-18-19(13)12-7-6-9-4-2-3-5-10(9)12/h2-5,12H,6-7H2,1H3,(H,16,18)/b13-11+. The van der Waals surface area contributed by atoms with E-state index in [1.165, 1.54) is 12.7 Å². The van der Waals surface area contributed by atoms with Crippen molar-refractivity contribution in [2.45, 2.75) is 18.9 Å². The summed E-state index contributed by atoms with van der Waals surface area (Å²) in [4.78, 5) is 11.7. The van der Waals surface area contributed by atoms with Crippen LogP contribution in [0.5, 0.6) is 0 Å². The average molecular weight is 283 g/mol. The number of aryl methyl sites for hydroxylation is 1. The predicted octanol–water partition coefficient (Wildman–Crippen LogP) is 1.77. The molecule has 0 radical (unpaired) electrons. The molecule has 3 rings (SSSR count). The minimum absolute atomic E-state index is 0.0146. The quantitative estimate of drug-likeness (QED) is 0.507. The van der Waals surface area contributed by atoms with Crippen LogP contribution in [0.3, 0.4) is 0 Å². The van der Waals surface area contributed by atoms with Crippen molar-refractivity contribution < 1.29 is 9.53 Å². The van der Waals surface area contributed by atoms with Crippen LogP contribution in [0, 0.1) is 11.3 Å². The van der Waals surface area contributed by atoms with Gasteiger partial charge in [-0.3, -0.25) is 0 Å². The van der Waals surface area contributed by atoms with Crippen molar-refractivity contribution in [1.82, 2.24) is 10.5 Å². The van der Waals surface area contributed by atoms with Crippen molar-refractivity contribution in [1.29, 1.82) is 5.26 Å². The van der Waals surface area contributed by atoms with Crippen LogP contribution in [0.15, 0.2) is 46.0 Å². The van der Waals surface area contributed by atoms with E-state index in [0.29, 0.717) is 0 Å². The summed E-state index contributed by atoms with van der Waals surface area (Å²) in [7, 11) is 1.23. The number of carbonyl (C=O) groups is 1. The number of carbonyl (C=O) groups excluding carboxylic acids is 1. The maximum absolute atomic E-state index is 11.7. The molecule has 7 heteroatoms. The van der Waals surface area contributed by atoms with E-state index in [9.17, 15) is 10.1 Å². The third kappa shape index (κ3) is 2.10. The first kappa shape index (κ1) is 13.1. The van der Waals surface area contributed by atoms with Crippen molar-refractivity contribution in [2.24, 2.45) is 10.3 Å². The lowest BCUT2D eigenvalue weighted by molar-refractivity contribution is -0.135. The molecule has 0 spiro atoms. The van der Waals surface area contributed by atoms with Crippen LogP contribution in [-0.4, -0.2) is 18.1 Å². The molecule has 106 valence electrons. The number of benzene rings is 1. The largest absolute Gasteiger partial charge is 0.465 e. The van der Waals surface area contributed by atoms with Crippen molar-refractivity contribution in [3.05, 3.63) is 46.8 Å². The van der Waals surface area contributed by atoms with E-state index in [4.69, 9.17) is 0 Å². The predicted molar refractivity (Wildman–Crippen MR) is 72.0 cm³/mol. The number of nitrogens with one attached hydrogen (secondary N) is 1. The number of nitriles is 1. The zero-order chi connectivity index (χ0) is 14.8. The van der Waals surface area contributed by atoms with E-state index in [2.05, 4.69) is 26.7 Å². The Hall–Kier alpha value is -2.88. The molecule has 1 aromatic rings. The zero-order valence-electron chi connectivity index (χ0n) is 11.4. The lowest BCUT2D eigenvalue weighted by Crippen LogP contribution is -2.33. The molecule has 0 bridgehead atoms. The first-order valence-electron chi connectivity index (χ1n) is 6.52. The van der Waals surface area contributed by atoms with Gasteiger partial charge < -0.3 is 4.74 Å². The van der Waals surface area contributed by atoms with Gasteiger partial charge in [0.15, 0.2) is 11.4 Å². The molecule has 1 heterocycles. The molecule has 1 aliphatic carbocycles. The summed E-state index contributed by atoms with van der Waals surface area (Å²) in [6.07, 6.45) is 1.80. The van der Waals surface area contributed by atoms with E-state index >= 15 is 0 Å². The normalized spacial score (nSPS) is 21.5. The second kappa shape index (κ2) is 5.25. The summed E-state index contributed by atoms with van der Waals surface area (Å²) in [5, 5.41) is 18.4. The fourth-order valence-corrected chi connectivity index (χ4v) is 2.69. The highest BCUT2D eigenvalue weighted by Crippen LogP contribution is 2.38. The van der Waals surface area contributed by atoms with Crippen LogP contribution in [0.2, 0.25) is 0 Å². The van der Waals surface area contributed by atoms with Crippen molar-refractivity contribution >= 4 is 5.97 Å². The molecule has 1 N–H and O–H groups in total. The smallest absolute Gasteiger partial charge is 0.352 e. The Kier molecular flexibility index (Phi) is 3.28. The SMILES string of the molecule is COC(=O)/C(C#N)=C1\N=NNN1C1CCc2ccccc21. The molecule has 21 heavy (non-hydrogen) atoms.